The Morgan fingerprint density at radius 3 is 2.82 bits per heavy atom. The number of rotatable bonds is 8. The minimum Gasteiger partial charge on any atom is -0.396 e. The van der Waals surface area contributed by atoms with E-state index in [9.17, 15) is 4.39 Å². The first-order valence-corrected chi connectivity index (χ1v) is 5.93. The smallest absolute Gasteiger partial charge is 0.128 e. The summed E-state index contributed by atoms with van der Waals surface area (Å²) >= 11 is 0. The fourth-order valence-corrected chi connectivity index (χ4v) is 1.62. The number of benzene rings is 1. The zero-order chi connectivity index (χ0) is 12.5. The molecule has 3 nitrogen and oxygen atoms in total. The van der Waals surface area contributed by atoms with Gasteiger partial charge in [0.25, 0.3) is 0 Å². The highest BCUT2D eigenvalue weighted by molar-refractivity contribution is 5.16. The highest BCUT2D eigenvalue weighted by Gasteiger charge is 2.07. The summed E-state index contributed by atoms with van der Waals surface area (Å²) in [5.41, 5.74) is 0.562. The standard InChI is InChI=1S/C13H20FNO2/c1-2-15-12(7-8-16)10-17-9-11-5-3-4-6-13(11)14/h3-6,12,15-16H,2,7-10H2,1H3. The molecule has 1 atom stereocenters. The van der Waals surface area contributed by atoms with Crippen molar-refractivity contribution in [2.24, 2.45) is 0 Å². The van der Waals surface area contributed by atoms with Crippen molar-refractivity contribution < 1.29 is 14.2 Å². The fourth-order valence-electron chi connectivity index (χ4n) is 1.62. The van der Waals surface area contributed by atoms with Crippen LogP contribution in [0.2, 0.25) is 0 Å². The van der Waals surface area contributed by atoms with Gasteiger partial charge in [0.1, 0.15) is 5.82 Å². The van der Waals surface area contributed by atoms with Gasteiger partial charge in [-0.25, -0.2) is 4.39 Å². The predicted molar refractivity (Wildman–Crippen MR) is 65.2 cm³/mol. The SMILES string of the molecule is CCNC(CCO)COCc1ccccc1F. The number of halogens is 1. The van der Waals surface area contributed by atoms with Crippen LogP contribution in [0.15, 0.2) is 24.3 Å². The molecule has 0 aliphatic carbocycles. The molecule has 0 amide bonds. The molecule has 0 spiro atoms. The summed E-state index contributed by atoms with van der Waals surface area (Å²) in [6.45, 7) is 3.69. The summed E-state index contributed by atoms with van der Waals surface area (Å²) in [5.74, 6) is -0.241. The Kier molecular flexibility index (Phi) is 6.77. The number of ether oxygens (including phenoxy) is 1. The van der Waals surface area contributed by atoms with E-state index < -0.39 is 0 Å². The van der Waals surface area contributed by atoms with Crippen LogP contribution in [-0.2, 0) is 11.3 Å². The van der Waals surface area contributed by atoms with E-state index >= 15 is 0 Å². The number of hydrogen-bond donors (Lipinski definition) is 2. The van der Waals surface area contributed by atoms with Crippen molar-refractivity contribution in [1.29, 1.82) is 0 Å². The van der Waals surface area contributed by atoms with Crippen LogP contribution in [0.3, 0.4) is 0 Å². The molecule has 0 aromatic heterocycles. The van der Waals surface area contributed by atoms with E-state index in [1.54, 1.807) is 18.2 Å². The molecule has 96 valence electrons. The maximum atomic E-state index is 13.3. The third-order valence-corrected chi connectivity index (χ3v) is 2.50. The van der Waals surface area contributed by atoms with E-state index in [4.69, 9.17) is 9.84 Å². The summed E-state index contributed by atoms with van der Waals surface area (Å²) < 4.78 is 18.7. The van der Waals surface area contributed by atoms with Crippen LogP contribution in [0.5, 0.6) is 0 Å². The number of aliphatic hydroxyl groups excluding tert-OH is 1. The monoisotopic (exact) mass is 241 g/mol. The second kappa shape index (κ2) is 8.17. The van der Waals surface area contributed by atoms with Crippen LogP contribution < -0.4 is 5.32 Å². The third-order valence-electron chi connectivity index (χ3n) is 2.50. The molecule has 1 aromatic carbocycles. The molecule has 0 aliphatic rings. The molecule has 1 rings (SSSR count). The lowest BCUT2D eigenvalue weighted by atomic mass is 10.2. The van der Waals surface area contributed by atoms with Crippen LogP contribution in [0.25, 0.3) is 0 Å². The van der Waals surface area contributed by atoms with Gasteiger partial charge in [-0.1, -0.05) is 25.1 Å². The zero-order valence-corrected chi connectivity index (χ0v) is 10.2. The van der Waals surface area contributed by atoms with Crippen LogP contribution in [0, 0.1) is 5.82 Å². The van der Waals surface area contributed by atoms with Gasteiger partial charge in [-0.2, -0.15) is 0 Å². The molecule has 1 aromatic rings. The van der Waals surface area contributed by atoms with Gasteiger partial charge in [0.15, 0.2) is 0 Å². The zero-order valence-electron chi connectivity index (χ0n) is 10.2. The Morgan fingerprint density at radius 2 is 2.18 bits per heavy atom. The lowest BCUT2D eigenvalue weighted by Gasteiger charge is -2.16. The lowest BCUT2D eigenvalue weighted by molar-refractivity contribution is 0.0888. The van der Waals surface area contributed by atoms with Gasteiger partial charge in [0.2, 0.25) is 0 Å². The van der Waals surface area contributed by atoms with E-state index in [1.807, 2.05) is 6.92 Å². The normalized spacial score (nSPS) is 12.6. The highest BCUT2D eigenvalue weighted by atomic mass is 19.1. The first kappa shape index (κ1) is 14.1. The van der Waals surface area contributed by atoms with Gasteiger partial charge >= 0.3 is 0 Å². The van der Waals surface area contributed by atoms with Crippen molar-refractivity contribution >= 4 is 0 Å². The molecular weight excluding hydrogens is 221 g/mol. The van der Waals surface area contributed by atoms with Crippen molar-refractivity contribution in [3.63, 3.8) is 0 Å². The first-order chi connectivity index (χ1) is 8.27. The van der Waals surface area contributed by atoms with Crippen LogP contribution in [-0.4, -0.2) is 30.9 Å². The van der Waals surface area contributed by atoms with Crippen LogP contribution >= 0.6 is 0 Å². The topological polar surface area (TPSA) is 41.5 Å². The average molecular weight is 241 g/mol. The number of nitrogens with one attached hydrogen (secondary N) is 1. The quantitative estimate of drug-likeness (QED) is 0.728. The van der Waals surface area contributed by atoms with Gasteiger partial charge in [-0.15, -0.1) is 0 Å². The van der Waals surface area contributed by atoms with Gasteiger partial charge in [0, 0.05) is 18.2 Å². The maximum Gasteiger partial charge on any atom is 0.128 e. The number of hydrogen-bond acceptors (Lipinski definition) is 3. The van der Waals surface area contributed by atoms with Crippen molar-refractivity contribution in [2.75, 3.05) is 19.8 Å². The molecule has 0 saturated heterocycles. The first-order valence-electron chi connectivity index (χ1n) is 5.93. The Hall–Kier alpha value is -0.970. The van der Waals surface area contributed by atoms with Crippen molar-refractivity contribution in [3.8, 4) is 0 Å². The largest absolute Gasteiger partial charge is 0.396 e. The van der Waals surface area contributed by atoms with Crippen molar-refractivity contribution in [2.45, 2.75) is 26.0 Å². The Labute approximate surface area is 102 Å². The van der Waals surface area contributed by atoms with Gasteiger partial charge in [0.05, 0.1) is 13.2 Å². The van der Waals surface area contributed by atoms with Crippen LogP contribution in [0.1, 0.15) is 18.9 Å². The molecule has 0 radical (unpaired) electrons. The summed E-state index contributed by atoms with van der Waals surface area (Å²) in [6.07, 6.45) is 0.644. The van der Waals surface area contributed by atoms with E-state index in [2.05, 4.69) is 5.32 Å². The summed E-state index contributed by atoms with van der Waals surface area (Å²) in [6, 6.07) is 6.71. The molecule has 17 heavy (non-hydrogen) atoms. The highest BCUT2D eigenvalue weighted by Crippen LogP contribution is 2.08. The summed E-state index contributed by atoms with van der Waals surface area (Å²) in [5, 5.41) is 12.1. The Morgan fingerprint density at radius 1 is 1.41 bits per heavy atom. The van der Waals surface area contributed by atoms with Crippen molar-refractivity contribution in [1.82, 2.24) is 5.32 Å². The third kappa shape index (κ3) is 5.26. The van der Waals surface area contributed by atoms with E-state index in [0.717, 1.165) is 6.54 Å². The second-order valence-corrected chi connectivity index (χ2v) is 3.87. The lowest BCUT2D eigenvalue weighted by Crippen LogP contribution is -2.34. The van der Waals surface area contributed by atoms with Gasteiger partial charge < -0.3 is 15.2 Å². The molecular formula is C13H20FNO2. The molecule has 0 bridgehead atoms. The minimum absolute atomic E-state index is 0.122. The number of aliphatic hydroxyl groups is 1. The Balaban J connectivity index is 2.33. The Bertz CT molecular complexity index is 314. The molecule has 4 heteroatoms. The molecule has 0 saturated carbocycles. The van der Waals surface area contributed by atoms with Gasteiger partial charge in [-0.05, 0) is 19.0 Å². The molecule has 0 heterocycles. The summed E-state index contributed by atoms with van der Waals surface area (Å²) in [4.78, 5) is 0. The molecule has 0 fully saturated rings. The number of likely N-dealkylation sites (N-methyl/N-ethyl adjacent to an activating group) is 1. The van der Waals surface area contributed by atoms with Crippen molar-refractivity contribution in [3.05, 3.63) is 35.6 Å². The molecule has 1 unspecified atom stereocenters. The minimum atomic E-state index is -0.241. The summed E-state index contributed by atoms with van der Waals surface area (Å²) in [7, 11) is 0. The fraction of sp³-hybridized carbons (Fsp3) is 0.538. The molecule has 0 aliphatic heterocycles. The van der Waals surface area contributed by atoms with Crippen LogP contribution in [0.4, 0.5) is 4.39 Å². The predicted octanol–water partition coefficient (Wildman–Crippen LogP) is 1.70. The van der Waals surface area contributed by atoms with E-state index in [1.165, 1.54) is 6.07 Å². The van der Waals surface area contributed by atoms with E-state index in [-0.39, 0.29) is 25.1 Å². The average Bonchev–Trinajstić information content (AvgIpc) is 2.32. The second-order valence-electron chi connectivity index (χ2n) is 3.87. The molecule has 2 N–H and O–H groups in total. The maximum absolute atomic E-state index is 13.3. The van der Waals surface area contributed by atoms with E-state index in [0.29, 0.717) is 18.6 Å². The van der Waals surface area contributed by atoms with Gasteiger partial charge in [-0.3, -0.25) is 0 Å².